The topological polar surface area (TPSA) is 150 Å². The molecule has 0 fully saturated rings. The molecule has 12 heteroatoms. The number of nitrogens with zero attached hydrogens (tertiary/aromatic N) is 7. The van der Waals surface area contributed by atoms with Crippen LogP contribution in [0.15, 0.2) is 55.1 Å². The van der Waals surface area contributed by atoms with Crippen molar-refractivity contribution in [3.8, 4) is 28.7 Å². The minimum absolute atomic E-state index is 0.284. The van der Waals surface area contributed by atoms with E-state index in [2.05, 4.69) is 36.9 Å². The number of hydrogen-bond donors (Lipinski definition) is 1. The van der Waals surface area contributed by atoms with E-state index in [9.17, 15) is 10.1 Å². The Morgan fingerprint density at radius 1 is 1.13 bits per heavy atom. The molecular formula is C27H28N8O4. The zero-order valence-corrected chi connectivity index (χ0v) is 21.9. The lowest BCUT2D eigenvalue weighted by atomic mass is 10.1. The number of nitriles is 1. The molecule has 0 aliphatic rings. The summed E-state index contributed by atoms with van der Waals surface area (Å²) in [6, 6.07) is 12.4. The Morgan fingerprint density at radius 3 is 2.64 bits per heavy atom. The molecule has 200 valence electrons. The van der Waals surface area contributed by atoms with Crippen molar-refractivity contribution in [2.45, 2.75) is 39.3 Å². The first-order valence-corrected chi connectivity index (χ1v) is 12.4. The third-order valence-corrected chi connectivity index (χ3v) is 5.66. The fraction of sp³-hybridized carbons (Fsp3) is 0.296. The second kappa shape index (κ2) is 13.0. The van der Waals surface area contributed by atoms with E-state index in [1.807, 2.05) is 13.8 Å². The first-order valence-electron chi connectivity index (χ1n) is 12.4. The first-order chi connectivity index (χ1) is 19.0. The van der Waals surface area contributed by atoms with E-state index in [1.165, 1.54) is 13.4 Å². The third-order valence-electron chi connectivity index (χ3n) is 5.66. The summed E-state index contributed by atoms with van der Waals surface area (Å²) in [5.41, 5.74) is 2.83. The number of anilines is 2. The van der Waals surface area contributed by atoms with Crippen LogP contribution >= 0.6 is 0 Å². The highest BCUT2D eigenvalue weighted by Crippen LogP contribution is 2.30. The number of carbonyl (C=O) groups excluding carboxylic acids is 1. The van der Waals surface area contributed by atoms with Crippen molar-refractivity contribution >= 4 is 17.6 Å². The van der Waals surface area contributed by atoms with Crippen LogP contribution in [0.2, 0.25) is 0 Å². The quantitative estimate of drug-likeness (QED) is 0.208. The minimum Gasteiger partial charge on any atom is -0.495 e. The van der Waals surface area contributed by atoms with Crippen LogP contribution in [0.4, 0.5) is 11.6 Å². The van der Waals surface area contributed by atoms with Gasteiger partial charge in [0.2, 0.25) is 5.95 Å². The van der Waals surface area contributed by atoms with E-state index in [-0.39, 0.29) is 6.10 Å². The summed E-state index contributed by atoms with van der Waals surface area (Å²) in [5.74, 6) is 0.868. The zero-order chi connectivity index (χ0) is 27.6. The second-order valence-electron chi connectivity index (χ2n) is 8.61. The van der Waals surface area contributed by atoms with E-state index in [0.717, 1.165) is 24.0 Å². The van der Waals surface area contributed by atoms with Crippen LogP contribution in [0.25, 0.3) is 11.1 Å². The van der Waals surface area contributed by atoms with Gasteiger partial charge in [-0.05, 0) is 59.7 Å². The average molecular weight is 529 g/mol. The highest BCUT2D eigenvalue weighted by Gasteiger charge is 2.14. The standard InChI is InChI=1S/C27H28N8O4/c1-4-5-10-38-26(36)20-8-9-24(37-3)23(11-20)32-27-29-14-22(15-30-27)19-6-7-21(13-28)25(12-19)39-18(2)16-35-17-31-33-34-35/h6-9,11-12,14-15,17-18H,4-5,10,16H2,1-3H3,(H,29,30,32). The summed E-state index contributed by atoms with van der Waals surface area (Å²) in [7, 11) is 1.54. The maximum Gasteiger partial charge on any atom is 0.338 e. The Kier molecular flexibility index (Phi) is 8.97. The fourth-order valence-corrected chi connectivity index (χ4v) is 3.66. The number of hydrogen-bond acceptors (Lipinski definition) is 11. The highest BCUT2D eigenvalue weighted by atomic mass is 16.5. The smallest absolute Gasteiger partial charge is 0.338 e. The average Bonchev–Trinajstić information content (AvgIpc) is 3.46. The van der Waals surface area contributed by atoms with Gasteiger partial charge in [-0.2, -0.15) is 5.26 Å². The van der Waals surface area contributed by atoms with Gasteiger partial charge in [0.1, 0.15) is 30.0 Å². The van der Waals surface area contributed by atoms with Crippen molar-refractivity contribution in [1.29, 1.82) is 5.26 Å². The molecule has 39 heavy (non-hydrogen) atoms. The molecule has 0 bridgehead atoms. The van der Waals surface area contributed by atoms with E-state index in [1.54, 1.807) is 53.5 Å². The molecule has 4 aromatic rings. The van der Waals surface area contributed by atoms with Gasteiger partial charge in [0.25, 0.3) is 0 Å². The highest BCUT2D eigenvalue weighted by molar-refractivity contribution is 5.91. The normalized spacial score (nSPS) is 11.3. The molecule has 2 aromatic carbocycles. The number of aromatic nitrogens is 6. The molecule has 2 aromatic heterocycles. The molecule has 1 N–H and O–H groups in total. The Morgan fingerprint density at radius 2 is 1.95 bits per heavy atom. The van der Waals surface area contributed by atoms with E-state index < -0.39 is 5.97 Å². The molecule has 0 spiro atoms. The number of ether oxygens (including phenoxy) is 3. The lowest BCUT2D eigenvalue weighted by molar-refractivity contribution is 0.0499. The van der Waals surface area contributed by atoms with Crippen LogP contribution in [0, 0.1) is 11.3 Å². The van der Waals surface area contributed by atoms with Crippen molar-refractivity contribution < 1.29 is 19.0 Å². The van der Waals surface area contributed by atoms with Gasteiger partial charge < -0.3 is 19.5 Å². The Hall–Kier alpha value is -5.05. The lowest BCUT2D eigenvalue weighted by Gasteiger charge is -2.16. The van der Waals surface area contributed by atoms with Crippen molar-refractivity contribution in [3.63, 3.8) is 0 Å². The van der Waals surface area contributed by atoms with Gasteiger partial charge in [0.15, 0.2) is 0 Å². The molecule has 0 saturated heterocycles. The van der Waals surface area contributed by atoms with E-state index in [0.29, 0.717) is 47.4 Å². The van der Waals surface area contributed by atoms with Crippen molar-refractivity contribution in [2.24, 2.45) is 0 Å². The molecular weight excluding hydrogens is 500 g/mol. The van der Waals surface area contributed by atoms with E-state index >= 15 is 0 Å². The fourth-order valence-electron chi connectivity index (χ4n) is 3.66. The van der Waals surface area contributed by atoms with Crippen molar-refractivity contribution in [2.75, 3.05) is 19.0 Å². The maximum atomic E-state index is 12.4. The van der Waals surface area contributed by atoms with Crippen LogP contribution in [0.1, 0.15) is 42.6 Å². The van der Waals surface area contributed by atoms with Crippen LogP contribution in [0.3, 0.4) is 0 Å². The molecule has 1 atom stereocenters. The zero-order valence-electron chi connectivity index (χ0n) is 21.9. The minimum atomic E-state index is -0.406. The molecule has 0 radical (unpaired) electrons. The van der Waals surface area contributed by atoms with Crippen LogP contribution in [0.5, 0.6) is 11.5 Å². The van der Waals surface area contributed by atoms with Gasteiger partial charge in [-0.3, -0.25) is 0 Å². The summed E-state index contributed by atoms with van der Waals surface area (Å²) in [5, 5.41) is 23.7. The monoisotopic (exact) mass is 528 g/mol. The van der Waals surface area contributed by atoms with Crippen LogP contribution in [-0.4, -0.2) is 56.0 Å². The van der Waals surface area contributed by atoms with Gasteiger partial charge in [-0.25, -0.2) is 19.4 Å². The molecule has 1 unspecified atom stereocenters. The van der Waals surface area contributed by atoms with Crippen molar-refractivity contribution in [3.05, 3.63) is 66.2 Å². The van der Waals surface area contributed by atoms with Gasteiger partial charge in [-0.15, -0.1) is 5.10 Å². The largest absolute Gasteiger partial charge is 0.495 e. The molecule has 2 heterocycles. The summed E-state index contributed by atoms with van der Waals surface area (Å²) in [6.07, 6.45) is 6.27. The molecule has 0 aliphatic heterocycles. The van der Waals surface area contributed by atoms with E-state index in [4.69, 9.17) is 14.2 Å². The molecule has 0 amide bonds. The number of unbranched alkanes of at least 4 members (excludes halogenated alkanes) is 1. The molecule has 0 saturated carbocycles. The van der Waals surface area contributed by atoms with Gasteiger partial charge in [0.05, 0.1) is 37.1 Å². The summed E-state index contributed by atoms with van der Waals surface area (Å²) < 4.78 is 18.3. The summed E-state index contributed by atoms with van der Waals surface area (Å²) in [6.45, 7) is 4.69. The number of rotatable bonds is 12. The molecule has 12 nitrogen and oxygen atoms in total. The van der Waals surface area contributed by atoms with Crippen LogP contribution in [-0.2, 0) is 11.3 Å². The predicted octanol–water partition coefficient (Wildman–Crippen LogP) is 4.18. The lowest BCUT2D eigenvalue weighted by Crippen LogP contribution is -2.20. The number of nitrogens with one attached hydrogen (secondary N) is 1. The maximum absolute atomic E-state index is 12.4. The number of tetrazole rings is 1. The Bertz CT molecular complexity index is 1440. The SMILES string of the molecule is CCCCOC(=O)c1ccc(OC)c(Nc2ncc(-c3ccc(C#N)c(OC(C)Cn4cnnn4)c3)cn2)c1. The molecule has 4 rings (SSSR count). The number of esters is 1. The molecule has 0 aliphatic carbocycles. The third kappa shape index (κ3) is 7.04. The Balaban J connectivity index is 1.49. The number of methoxy groups -OCH3 is 1. The van der Waals surface area contributed by atoms with Gasteiger partial charge >= 0.3 is 5.97 Å². The van der Waals surface area contributed by atoms with Gasteiger partial charge in [-0.1, -0.05) is 19.4 Å². The second-order valence-corrected chi connectivity index (χ2v) is 8.61. The van der Waals surface area contributed by atoms with Gasteiger partial charge in [0, 0.05) is 18.0 Å². The Labute approximate surface area is 225 Å². The van der Waals surface area contributed by atoms with Crippen LogP contribution < -0.4 is 14.8 Å². The summed E-state index contributed by atoms with van der Waals surface area (Å²) in [4.78, 5) is 21.2. The van der Waals surface area contributed by atoms with Crippen molar-refractivity contribution in [1.82, 2.24) is 30.2 Å². The number of carbonyl (C=O) groups is 1. The summed E-state index contributed by atoms with van der Waals surface area (Å²) >= 11 is 0. The first kappa shape index (κ1) is 27.0. The predicted molar refractivity (Wildman–Crippen MR) is 142 cm³/mol. The number of benzene rings is 2.